The van der Waals surface area contributed by atoms with Crippen LogP contribution in [-0.2, 0) is 0 Å². The number of nitrogens with zero attached hydrogens (tertiary/aromatic N) is 2. The van der Waals surface area contributed by atoms with Crippen LogP contribution in [0.1, 0.15) is 10.4 Å². The molecule has 5 nitrogen and oxygen atoms in total. The van der Waals surface area contributed by atoms with Crippen molar-refractivity contribution in [2.75, 3.05) is 12.4 Å². The Kier molecular flexibility index (Phi) is 3.59. The number of rotatable bonds is 3. The normalized spacial score (nSPS) is 10.9. The number of fused-ring (bicyclic) bond motifs is 2. The van der Waals surface area contributed by atoms with E-state index in [0.717, 1.165) is 21.1 Å². The van der Waals surface area contributed by atoms with Crippen LogP contribution in [0.3, 0.4) is 0 Å². The van der Waals surface area contributed by atoms with Gasteiger partial charge in [-0.3, -0.25) is 15.1 Å². The van der Waals surface area contributed by atoms with Crippen LogP contribution in [0.2, 0.25) is 0 Å². The minimum atomic E-state index is -0.202. The van der Waals surface area contributed by atoms with Gasteiger partial charge < -0.3 is 4.74 Å². The molecule has 0 spiro atoms. The van der Waals surface area contributed by atoms with Crippen LogP contribution in [0, 0.1) is 0 Å². The monoisotopic (exact) mass is 335 g/mol. The summed E-state index contributed by atoms with van der Waals surface area (Å²) in [5, 5.41) is 4.23. The molecule has 6 heteroatoms. The Morgan fingerprint density at radius 3 is 2.88 bits per heavy atom. The molecule has 0 fully saturated rings. The van der Waals surface area contributed by atoms with Crippen molar-refractivity contribution in [2.45, 2.75) is 0 Å². The zero-order chi connectivity index (χ0) is 16.5. The van der Waals surface area contributed by atoms with Crippen LogP contribution >= 0.6 is 11.3 Å². The van der Waals surface area contributed by atoms with E-state index >= 15 is 0 Å². The van der Waals surface area contributed by atoms with E-state index in [4.69, 9.17) is 4.74 Å². The summed E-state index contributed by atoms with van der Waals surface area (Å²) in [5.41, 5.74) is 2.11. The Morgan fingerprint density at radius 2 is 2.00 bits per heavy atom. The molecule has 0 unspecified atom stereocenters. The fourth-order valence-corrected chi connectivity index (χ4v) is 3.49. The Morgan fingerprint density at radius 1 is 1.12 bits per heavy atom. The first-order chi connectivity index (χ1) is 11.8. The van der Waals surface area contributed by atoms with Crippen LogP contribution in [0.4, 0.5) is 5.13 Å². The van der Waals surface area contributed by atoms with Gasteiger partial charge in [-0.15, -0.1) is 0 Å². The van der Waals surface area contributed by atoms with Crippen molar-refractivity contribution >= 4 is 43.5 Å². The summed E-state index contributed by atoms with van der Waals surface area (Å²) >= 11 is 1.42. The quantitative estimate of drug-likeness (QED) is 0.612. The summed E-state index contributed by atoms with van der Waals surface area (Å²) in [6.07, 6.45) is 1.71. The summed E-state index contributed by atoms with van der Waals surface area (Å²) in [5.74, 6) is 0.491. The molecule has 1 amide bonds. The molecule has 2 aromatic carbocycles. The smallest absolute Gasteiger partial charge is 0.258 e. The number of pyridine rings is 1. The number of benzene rings is 2. The van der Waals surface area contributed by atoms with Crippen LogP contribution in [0.25, 0.3) is 21.1 Å². The predicted octanol–water partition coefficient (Wildman–Crippen LogP) is 4.11. The first-order valence-corrected chi connectivity index (χ1v) is 8.16. The maximum atomic E-state index is 12.7. The van der Waals surface area contributed by atoms with Crippen molar-refractivity contribution in [3.8, 4) is 5.75 Å². The average molecular weight is 335 g/mol. The van der Waals surface area contributed by atoms with Gasteiger partial charge in [-0.2, -0.15) is 0 Å². The number of hydrogen-bond donors (Lipinski definition) is 1. The van der Waals surface area contributed by atoms with Gasteiger partial charge >= 0.3 is 0 Å². The van der Waals surface area contributed by atoms with Gasteiger partial charge in [0.05, 0.1) is 17.3 Å². The summed E-state index contributed by atoms with van der Waals surface area (Å²) < 4.78 is 6.27. The molecule has 0 aliphatic carbocycles. The molecule has 2 heterocycles. The minimum absolute atomic E-state index is 0.202. The highest BCUT2D eigenvalue weighted by Crippen LogP contribution is 2.32. The van der Waals surface area contributed by atoms with E-state index in [0.29, 0.717) is 16.4 Å². The number of amides is 1. The molecule has 4 rings (SSSR count). The lowest BCUT2D eigenvalue weighted by Gasteiger charge is -2.05. The van der Waals surface area contributed by atoms with E-state index < -0.39 is 0 Å². The molecule has 0 radical (unpaired) electrons. The fraction of sp³-hybridized carbons (Fsp3) is 0.0556. The molecular formula is C18H13N3O2S. The number of nitrogens with one attached hydrogen (secondary N) is 1. The van der Waals surface area contributed by atoms with Crippen molar-refractivity contribution in [3.05, 3.63) is 60.3 Å². The molecule has 0 aliphatic rings. The highest BCUT2D eigenvalue weighted by atomic mass is 32.1. The standard InChI is InChI=1S/C18H13N3O2S/c1-23-14-8-3-9-15-16(14)20-18(24-15)21-17(22)12-5-2-7-13-11(12)6-4-10-19-13/h2-10H,1H3,(H,20,21,22). The number of ether oxygens (including phenoxy) is 1. The maximum Gasteiger partial charge on any atom is 0.258 e. The van der Waals surface area contributed by atoms with Gasteiger partial charge in [-0.25, -0.2) is 4.98 Å². The Balaban J connectivity index is 1.71. The third-order valence-corrected chi connectivity index (χ3v) is 4.65. The van der Waals surface area contributed by atoms with Gasteiger partial charge in [0.2, 0.25) is 0 Å². The van der Waals surface area contributed by atoms with Gasteiger partial charge in [-0.1, -0.05) is 29.5 Å². The highest BCUT2D eigenvalue weighted by Gasteiger charge is 2.14. The van der Waals surface area contributed by atoms with Gasteiger partial charge in [0.25, 0.3) is 5.91 Å². The first kappa shape index (κ1) is 14.6. The van der Waals surface area contributed by atoms with Crippen molar-refractivity contribution in [3.63, 3.8) is 0 Å². The third-order valence-electron chi connectivity index (χ3n) is 3.71. The van der Waals surface area contributed by atoms with Crippen molar-refractivity contribution in [1.29, 1.82) is 0 Å². The third kappa shape index (κ3) is 2.47. The second-order valence-electron chi connectivity index (χ2n) is 5.16. The summed E-state index contributed by atoms with van der Waals surface area (Å²) in [7, 11) is 1.61. The average Bonchev–Trinajstić information content (AvgIpc) is 3.03. The SMILES string of the molecule is COc1cccc2sc(NC(=O)c3cccc4ncccc34)nc12. The highest BCUT2D eigenvalue weighted by molar-refractivity contribution is 7.22. The molecule has 1 N–H and O–H groups in total. The van der Waals surface area contributed by atoms with E-state index in [9.17, 15) is 4.79 Å². The number of carbonyl (C=O) groups is 1. The Bertz CT molecular complexity index is 1050. The van der Waals surface area contributed by atoms with E-state index in [2.05, 4.69) is 15.3 Å². The molecule has 24 heavy (non-hydrogen) atoms. The molecule has 118 valence electrons. The lowest BCUT2D eigenvalue weighted by atomic mass is 10.1. The minimum Gasteiger partial charge on any atom is -0.494 e. The molecule has 4 aromatic rings. The summed E-state index contributed by atoms with van der Waals surface area (Å²) in [4.78, 5) is 21.4. The van der Waals surface area contributed by atoms with Crippen LogP contribution < -0.4 is 10.1 Å². The van der Waals surface area contributed by atoms with Gasteiger partial charge in [-0.05, 0) is 30.3 Å². The molecule has 0 saturated heterocycles. The molecule has 0 atom stereocenters. The molecule has 0 bridgehead atoms. The van der Waals surface area contributed by atoms with Crippen molar-refractivity contribution in [2.24, 2.45) is 0 Å². The summed E-state index contributed by atoms with van der Waals surface area (Å²) in [6, 6.07) is 14.9. The number of anilines is 1. The number of aromatic nitrogens is 2. The van der Waals surface area contributed by atoms with Crippen molar-refractivity contribution < 1.29 is 9.53 Å². The maximum absolute atomic E-state index is 12.7. The number of carbonyl (C=O) groups excluding carboxylic acids is 1. The van der Waals surface area contributed by atoms with E-state index in [-0.39, 0.29) is 5.91 Å². The van der Waals surface area contributed by atoms with E-state index in [1.54, 1.807) is 19.4 Å². The van der Waals surface area contributed by atoms with Gasteiger partial charge in [0.15, 0.2) is 5.13 Å². The Labute approximate surface area is 141 Å². The number of para-hydroxylation sites is 1. The second kappa shape index (κ2) is 5.90. The van der Waals surface area contributed by atoms with E-state index in [1.807, 2.05) is 42.5 Å². The first-order valence-electron chi connectivity index (χ1n) is 7.35. The molecule has 0 saturated carbocycles. The molecule has 2 aromatic heterocycles. The van der Waals surface area contributed by atoms with Crippen LogP contribution in [0.5, 0.6) is 5.75 Å². The zero-order valence-electron chi connectivity index (χ0n) is 12.8. The lowest BCUT2D eigenvalue weighted by molar-refractivity contribution is 0.102. The number of thiazole rings is 1. The number of methoxy groups -OCH3 is 1. The molecular weight excluding hydrogens is 322 g/mol. The Hall–Kier alpha value is -2.99. The second-order valence-corrected chi connectivity index (χ2v) is 6.19. The van der Waals surface area contributed by atoms with Crippen LogP contribution in [-0.4, -0.2) is 23.0 Å². The zero-order valence-corrected chi connectivity index (χ0v) is 13.6. The fourth-order valence-electron chi connectivity index (χ4n) is 2.61. The van der Waals surface area contributed by atoms with Crippen LogP contribution in [0.15, 0.2) is 54.7 Å². The topological polar surface area (TPSA) is 64.1 Å². The summed E-state index contributed by atoms with van der Waals surface area (Å²) in [6.45, 7) is 0. The predicted molar refractivity (Wildman–Crippen MR) is 95.9 cm³/mol. The largest absolute Gasteiger partial charge is 0.494 e. The van der Waals surface area contributed by atoms with Gasteiger partial charge in [0, 0.05) is 17.1 Å². The van der Waals surface area contributed by atoms with Crippen molar-refractivity contribution in [1.82, 2.24) is 9.97 Å². The lowest BCUT2D eigenvalue weighted by Crippen LogP contribution is -2.12. The van der Waals surface area contributed by atoms with E-state index in [1.165, 1.54) is 11.3 Å². The van der Waals surface area contributed by atoms with Gasteiger partial charge in [0.1, 0.15) is 11.3 Å². The molecule has 0 aliphatic heterocycles. The number of hydrogen-bond acceptors (Lipinski definition) is 5.